The number of anilines is 1. The van der Waals surface area contributed by atoms with Crippen molar-refractivity contribution in [2.75, 3.05) is 5.32 Å². The van der Waals surface area contributed by atoms with Gasteiger partial charge in [-0.3, -0.25) is 4.79 Å². The van der Waals surface area contributed by atoms with Gasteiger partial charge in [0, 0.05) is 17.8 Å². The first-order valence-electron chi connectivity index (χ1n) is 6.12. The molecule has 0 aliphatic rings. The minimum absolute atomic E-state index is 0.0210. The van der Waals surface area contributed by atoms with Gasteiger partial charge < -0.3 is 11.1 Å². The predicted octanol–water partition coefficient (Wildman–Crippen LogP) is 2.60. The molecule has 0 aliphatic carbocycles. The summed E-state index contributed by atoms with van der Waals surface area (Å²) < 4.78 is 26.5. The Labute approximate surface area is 115 Å². The zero-order chi connectivity index (χ0) is 14.5. The monoisotopic (exact) mass is 276 g/mol. The lowest BCUT2D eigenvalue weighted by Gasteiger charge is -2.10. The van der Waals surface area contributed by atoms with E-state index in [0.717, 1.165) is 11.6 Å². The van der Waals surface area contributed by atoms with E-state index in [2.05, 4.69) is 5.32 Å². The Bertz CT molecular complexity index is 629. The third-order valence-electron chi connectivity index (χ3n) is 2.89. The van der Waals surface area contributed by atoms with Gasteiger partial charge >= 0.3 is 0 Å². The third-order valence-corrected chi connectivity index (χ3v) is 2.89. The Kier molecular flexibility index (Phi) is 4.42. The number of hydrogen-bond acceptors (Lipinski definition) is 2. The number of hydrogen-bond donors (Lipinski definition) is 2. The van der Waals surface area contributed by atoms with Gasteiger partial charge in [0.25, 0.3) is 0 Å². The third kappa shape index (κ3) is 3.19. The van der Waals surface area contributed by atoms with Crippen LogP contribution in [0.15, 0.2) is 42.5 Å². The van der Waals surface area contributed by atoms with Gasteiger partial charge in [-0.1, -0.05) is 30.3 Å². The number of amides is 1. The second-order valence-corrected chi connectivity index (χ2v) is 4.30. The standard InChI is InChI=1S/C15H14F2N2O/c16-12-6-3-5-10(15(12)17)8-14(20)19-13-7-2-1-4-11(13)9-18/h1-7H,8-9,18H2,(H,19,20). The molecule has 2 aromatic carbocycles. The molecular weight excluding hydrogens is 262 g/mol. The molecule has 0 saturated heterocycles. The van der Waals surface area contributed by atoms with Crippen LogP contribution in [0.1, 0.15) is 11.1 Å². The fourth-order valence-electron chi connectivity index (χ4n) is 1.87. The maximum absolute atomic E-state index is 13.5. The summed E-state index contributed by atoms with van der Waals surface area (Å²) >= 11 is 0. The Morgan fingerprint density at radius 2 is 1.75 bits per heavy atom. The second kappa shape index (κ2) is 6.25. The van der Waals surface area contributed by atoms with E-state index < -0.39 is 17.5 Å². The van der Waals surface area contributed by atoms with Crippen molar-refractivity contribution < 1.29 is 13.6 Å². The first-order chi connectivity index (χ1) is 9.61. The zero-order valence-corrected chi connectivity index (χ0v) is 10.7. The van der Waals surface area contributed by atoms with Gasteiger partial charge in [0.05, 0.1) is 6.42 Å². The number of halogens is 2. The molecule has 0 aliphatic heterocycles. The summed E-state index contributed by atoms with van der Waals surface area (Å²) in [7, 11) is 0. The molecule has 20 heavy (non-hydrogen) atoms. The lowest BCUT2D eigenvalue weighted by Crippen LogP contribution is -2.17. The summed E-state index contributed by atoms with van der Waals surface area (Å²) in [6, 6.07) is 10.8. The smallest absolute Gasteiger partial charge is 0.228 e. The molecular formula is C15H14F2N2O. The summed E-state index contributed by atoms with van der Waals surface area (Å²) in [5.74, 6) is -2.37. The Hall–Kier alpha value is -2.27. The maximum Gasteiger partial charge on any atom is 0.228 e. The SMILES string of the molecule is NCc1ccccc1NC(=O)Cc1cccc(F)c1F. The van der Waals surface area contributed by atoms with Crippen molar-refractivity contribution >= 4 is 11.6 Å². The molecule has 0 fully saturated rings. The van der Waals surface area contributed by atoms with Crippen molar-refractivity contribution in [3.63, 3.8) is 0 Å². The van der Waals surface area contributed by atoms with Crippen LogP contribution in [-0.4, -0.2) is 5.91 Å². The van der Waals surface area contributed by atoms with E-state index in [1.54, 1.807) is 18.2 Å². The largest absolute Gasteiger partial charge is 0.326 e. The van der Waals surface area contributed by atoms with Crippen LogP contribution in [0.2, 0.25) is 0 Å². The average molecular weight is 276 g/mol. The second-order valence-electron chi connectivity index (χ2n) is 4.30. The molecule has 0 heterocycles. The van der Waals surface area contributed by atoms with E-state index in [1.165, 1.54) is 12.1 Å². The van der Waals surface area contributed by atoms with Gasteiger partial charge in [0.15, 0.2) is 11.6 Å². The highest BCUT2D eigenvalue weighted by molar-refractivity contribution is 5.93. The highest BCUT2D eigenvalue weighted by Gasteiger charge is 2.12. The van der Waals surface area contributed by atoms with Gasteiger partial charge in [-0.05, 0) is 17.7 Å². The molecule has 104 valence electrons. The molecule has 3 N–H and O–H groups in total. The lowest BCUT2D eigenvalue weighted by atomic mass is 10.1. The molecule has 2 rings (SSSR count). The molecule has 0 aromatic heterocycles. The fraction of sp³-hybridized carbons (Fsp3) is 0.133. The van der Waals surface area contributed by atoms with E-state index in [-0.39, 0.29) is 18.5 Å². The lowest BCUT2D eigenvalue weighted by molar-refractivity contribution is -0.115. The van der Waals surface area contributed by atoms with Gasteiger partial charge in [-0.15, -0.1) is 0 Å². The van der Waals surface area contributed by atoms with Gasteiger partial charge in [0.2, 0.25) is 5.91 Å². The van der Waals surface area contributed by atoms with E-state index >= 15 is 0 Å². The summed E-state index contributed by atoms with van der Waals surface area (Å²) in [6.07, 6.45) is -0.234. The number of carbonyl (C=O) groups excluding carboxylic acids is 1. The minimum Gasteiger partial charge on any atom is -0.326 e. The van der Waals surface area contributed by atoms with Crippen LogP contribution in [0.3, 0.4) is 0 Å². The summed E-state index contributed by atoms with van der Waals surface area (Å²) in [5.41, 5.74) is 6.94. The summed E-state index contributed by atoms with van der Waals surface area (Å²) in [6.45, 7) is 0.283. The Balaban J connectivity index is 2.11. The van der Waals surface area contributed by atoms with E-state index in [9.17, 15) is 13.6 Å². The highest BCUT2D eigenvalue weighted by Crippen LogP contribution is 2.16. The number of benzene rings is 2. The summed E-state index contributed by atoms with van der Waals surface area (Å²) in [5, 5.41) is 2.65. The molecule has 0 radical (unpaired) electrons. The minimum atomic E-state index is -0.991. The molecule has 3 nitrogen and oxygen atoms in total. The van der Waals surface area contributed by atoms with Crippen LogP contribution in [0, 0.1) is 11.6 Å². The number of rotatable bonds is 4. The van der Waals surface area contributed by atoms with Crippen molar-refractivity contribution in [3.8, 4) is 0 Å². The number of nitrogens with two attached hydrogens (primary N) is 1. The molecule has 5 heteroatoms. The number of carbonyl (C=O) groups is 1. The first kappa shape index (κ1) is 14.1. The molecule has 0 atom stereocenters. The van der Waals surface area contributed by atoms with E-state index in [0.29, 0.717) is 5.69 Å². The molecule has 0 saturated carbocycles. The van der Waals surface area contributed by atoms with Crippen molar-refractivity contribution in [3.05, 3.63) is 65.2 Å². The maximum atomic E-state index is 13.5. The van der Waals surface area contributed by atoms with Crippen molar-refractivity contribution in [1.82, 2.24) is 0 Å². The van der Waals surface area contributed by atoms with Crippen molar-refractivity contribution in [1.29, 1.82) is 0 Å². The molecule has 2 aromatic rings. The van der Waals surface area contributed by atoms with Crippen LogP contribution >= 0.6 is 0 Å². The summed E-state index contributed by atoms with van der Waals surface area (Å²) in [4.78, 5) is 11.9. The number of nitrogens with one attached hydrogen (secondary N) is 1. The van der Waals surface area contributed by atoms with Gasteiger partial charge in [0.1, 0.15) is 0 Å². The van der Waals surface area contributed by atoms with Crippen LogP contribution in [0.4, 0.5) is 14.5 Å². The van der Waals surface area contributed by atoms with Crippen molar-refractivity contribution in [2.45, 2.75) is 13.0 Å². The highest BCUT2D eigenvalue weighted by atomic mass is 19.2. The quantitative estimate of drug-likeness (QED) is 0.902. The van der Waals surface area contributed by atoms with Gasteiger partial charge in [-0.25, -0.2) is 8.78 Å². The topological polar surface area (TPSA) is 55.1 Å². The molecule has 1 amide bonds. The van der Waals surface area contributed by atoms with Crippen LogP contribution in [-0.2, 0) is 17.8 Å². The normalized spacial score (nSPS) is 10.3. The Morgan fingerprint density at radius 1 is 1.05 bits per heavy atom. The van der Waals surface area contributed by atoms with Crippen LogP contribution < -0.4 is 11.1 Å². The predicted molar refractivity (Wildman–Crippen MR) is 73.0 cm³/mol. The zero-order valence-electron chi connectivity index (χ0n) is 10.7. The van der Waals surface area contributed by atoms with Crippen LogP contribution in [0.5, 0.6) is 0 Å². The van der Waals surface area contributed by atoms with Crippen LogP contribution in [0.25, 0.3) is 0 Å². The molecule has 0 bridgehead atoms. The average Bonchev–Trinajstić information content (AvgIpc) is 2.44. The van der Waals surface area contributed by atoms with Gasteiger partial charge in [-0.2, -0.15) is 0 Å². The first-order valence-corrected chi connectivity index (χ1v) is 6.12. The van der Waals surface area contributed by atoms with E-state index in [1.807, 2.05) is 6.07 Å². The number of para-hydroxylation sites is 1. The van der Waals surface area contributed by atoms with Crippen molar-refractivity contribution in [2.24, 2.45) is 5.73 Å². The Morgan fingerprint density at radius 3 is 2.50 bits per heavy atom. The fourth-order valence-corrected chi connectivity index (χ4v) is 1.87. The molecule has 0 spiro atoms. The van der Waals surface area contributed by atoms with E-state index in [4.69, 9.17) is 5.73 Å². The molecule has 0 unspecified atom stereocenters.